The van der Waals surface area contributed by atoms with E-state index < -0.39 is 0 Å². The molecule has 4 heteroatoms. The summed E-state index contributed by atoms with van der Waals surface area (Å²) in [6.45, 7) is 6.26. The Morgan fingerprint density at radius 2 is 2.12 bits per heavy atom. The van der Waals surface area contributed by atoms with Gasteiger partial charge >= 0.3 is 0 Å². The van der Waals surface area contributed by atoms with Crippen molar-refractivity contribution in [3.05, 3.63) is 16.5 Å². The zero-order valence-electron chi connectivity index (χ0n) is 10.0. The average Bonchev–Trinajstić information content (AvgIpc) is 3.07. The SMILES string of the molecule is CCC(C)Nc1nc(C2CC2)nc(Cl)c1C. The zero-order valence-corrected chi connectivity index (χ0v) is 10.8. The third kappa shape index (κ3) is 2.46. The molecule has 16 heavy (non-hydrogen) atoms. The minimum Gasteiger partial charge on any atom is -0.367 e. The normalized spacial score (nSPS) is 17.2. The highest BCUT2D eigenvalue weighted by molar-refractivity contribution is 6.30. The highest BCUT2D eigenvalue weighted by Gasteiger charge is 2.28. The standard InChI is InChI=1S/C12H18ClN3/c1-4-7(2)14-11-8(3)10(13)15-12(16-11)9-5-6-9/h7,9H,4-6H2,1-3H3,(H,14,15,16). The molecule has 1 saturated carbocycles. The van der Waals surface area contributed by atoms with Crippen LogP contribution >= 0.6 is 11.6 Å². The molecule has 0 amide bonds. The van der Waals surface area contributed by atoms with E-state index in [1.807, 2.05) is 6.92 Å². The van der Waals surface area contributed by atoms with Gasteiger partial charge in [-0.2, -0.15) is 0 Å². The van der Waals surface area contributed by atoms with Gasteiger partial charge in [-0.05, 0) is 33.1 Å². The smallest absolute Gasteiger partial charge is 0.137 e. The summed E-state index contributed by atoms with van der Waals surface area (Å²) < 4.78 is 0. The van der Waals surface area contributed by atoms with Gasteiger partial charge in [0.15, 0.2) is 0 Å². The van der Waals surface area contributed by atoms with Crippen molar-refractivity contribution >= 4 is 17.4 Å². The summed E-state index contributed by atoms with van der Waals surface area (Å²) in [5.74, 6) is 2.34. The quantitative estimate of drug-likeness (QED) is 0.817. The van der Waals surface area contributed by atoms with Gasteiger partial charge in [-0.15, -0.1) is 0 Å². The van der Waals surface area contributed by atoms with Gasteiger partial charge < -0.3 is 5.32 Å². The first-order valence-corrected chi connectivity index (χ1v) is 6.30. The Labute approximate surface area is 102 Å². The third-order valence-corrected chi connectivity index (χ3v) is 3.41. The van der Waals surface area contributed by atoms with Crippen LogP contribution in [0.25, 0.3) is 0 Å². The summed E-state index contributed by atoms with van der Waals surface area (Å²) in [6.07, 6.45) is 3.46. The van der Waals surface area contributed by atoms with E-state index in [9.17, 15) is 0 Å². The molecule has 1 unspecified atom stereocenters. The monoisotopic (exact) mass is 239 g/mol. The molecule has 3 nitrogen and oxygen atoms in total. The van der Waals surface area contributed by atoms with Gasteiger partial charge in [0.2, 0.25) is 0 Å². The minimum atomic E-state index is 0.414. The van der Waals surface area contributed by atoms with Crippen LogP contribution in [0.1, 0.15) is 50.4 Å². The summed E-state index contributed by atoms with van der Waals surface area (Å²) in [6, 6.07) is 0.414. The predicted molar refractivity (Wildman–Crippen MR) is 67.1 cm³/mol. The second-order valence-electron chi connectivity index (χ2n) is 4.57. The van der Waals surface area contributed by atoms with E-state index in [1.54, 1.807) is 0 Å². The molecule has 88 valence electrons. The van der Waals surface area contributed by atoms with Gasteiger partial charge in [-0.25, -0.2) is 9.97 Å². The van der Waals surface area contributed by atoms with E-state index in [0.29, 0.717) is 17.1 Å². The van der Waals surface area contributed by atoms with Crippen molar-refractivity contribution in [3.63, 3.8) is 0 Å². The molecular formula is C12H18ClN3. The first kappa shape index (κ1) is 11.6. The van der Waals surface area contributed by atoms with Crippen LogP contribution in [-0.4, -0.2) is 16.0 Å². The van der Waals surface area contributed by atoms with Gasteiger partial charge in [0.1, 0.15) is 16.8 Å². The van der Waals surface area contributed by atoms with Crippen molar-refractivity contribution < 1.29 is 0 Å². The number of hydrogen-bond donors (Lipinski definition) is 1. The molecule has 1 aromatic rings. The Morgan fingerprint density at radius 1 is 1.44 bits per heavy atom. The second-order valence-corrected chi connectivity index (χ2v) is 4.93. The van der Waals surface area contributed by atoms with Crippen molar-refractivity contribution in [2.45, 2.75) is 52.0 Å². The molecule has 1 N–H and O–H groups in total. The van der Waals surface area contributed by atoms with Gasteiger partial charge in [0, 0.05) is 17.5 Å². The fourth-order valence-electron chi connectivity index (χ4n) is 1.51. The van der Waals surface area contributed by atoms with Crippen LogP contribution in [0.3, 0.4) is 0 Å². The topological polar surface area (TPSA) is 37.8 Å². The largest absolute Gasteiger partial charge is 0.367 e. The second kappa shape index (κ2) is 4.58. The molecule has 0 radical (unpaired) electrons. The summed E-state index contributed by atoms with van der Waals surface area (Å²) >= 11 is 6.13. The van der Waals surface area contributed by atoms with E-state index in [0.717, 1.165) is 23.6 Å². The van der Waals surface area contributed by atoms with Crippen LogP contribution in [0, 0.1) is 6.92 Å². The average molecular weight is 240 g/mol. The van der Waals surface area contributed by atoms with Gasteiger partial charge in [-0.1, -0.05) is 18.5 Å². The van der Waals surface area contributed by atoms with Crippen molar-refractivity contribution in [2.24, 2.45) is 0 Å². The van der Waals surface area contributed by atoms with Crippen molar-refractivity contribution in [3.8, 4) is 0 Å². The number of aromatic nitrogens is 2. The molecular weight excluding hydrogens is 222 g/mol. The van der Waals surface area contributed by atoms with Crippen LogP contribution in [0.15, 0.2) is 0 Å². The van der Waals surface area contributed by atoms with Crippen LogP contribution in [0.4, 0.5) is 5.82 Å². The summed E-state index contributed by atoms with van der Waals surface area (Å²) in [7, 11) is 0. The van der Waals surface area contributed by atoms with E-state index in [2.05, 4.69) is 29.1 Å². The zero-order chi connectivity index (χ0) is 11.7. The molecule has 1 fully saturated rings. The molecule has 1 atom stereocenters. The lowest BCUT2D eigenvalue weighted by Crippen LogP contribution is -2.16. The predicted octanol–water partition coefficient (Wildman–Crippen LogP) is 3.53. The Balaban J connectivity index is 2.27. The molecule has 0 aromatic carbocycles. The maximum Gasteiger partial charge on any atom is 0.137 e. The first-order chi connectivity index (χ1) is 7.61. The lowest BCUT2D eigenvalue weighted by Gasteiger charge is -2.15. The molecule has 0 bridgehead atoms. The lowest BCUT2D eigenvalue weighted by molar-refractivity contribution is 0.753. The van der Waals surface area contributed by atoms with Crippen LogP contribution in [0.5, 0.6) is 0 Å². The Hall–Kier alpha value is -0.830. The first-order valence-electron chi connectivity index (χ1n) is 5.92. The van der Waals surface area contributed by atoms with E-state index in [4.69, 9.17) is 11.6 Å². The maximum atomic E-state index is 6.13. The van der Waals surface area contributed by atoms with Crippen LogP contribution < -0.4 is 5.32 Å². The highest BCUT2D eigenvalue weighted by Crippen LogP contribution is 2.39. The summed E-state index contributed by atoms with van der Waals surface area (Å²) in [4.78, 5) is 8.92. The highest BCUT2D eigenvalue weighted by atomic mass is 35.5. The fourth-order valence-corrected chi connectivity index (χ4v) is 1.68. The van der Waals surface area contributed by atoms with Crippen molar-refractivity contribution in [1.29, 1.82) is 0 Å². The molecule has 0 aliphatic heterocycles. The number of nitrogens with one attached hydrogen (secondary N) is 1. The van der Waals surface area contributed by atoms with E-state index >= 15 is 0 Å². The van der Waals surface area contributed by atoms with Crippen molar-refractivity contribution in [2.75, 3.05) is 5.32 Å². The Morgan fingerprint density at radius 3 is 2.69 bits per heavy atom. The van der Waals surface area contributed by atoms with Gasteiger partial charge in [0.25, 0.3) is 0 Å². The summed E-state index contributed by atoms with van der Waals surface area (Å²) in [5.41, 5.74) is 0.950. The number of hydrogen-bond acceptors (Lipinski definition) is 3. The van der Waals surface area contributed by atoms with Gasteiger partial charge in [0.05, 0.1) is 0 Å². The van der Waals surface area contributed by atoms with Gasteiger partial charge in [-0.3, -0.25) is 0 Å². The fraction of sp³-hybridized carbons (Fsp3) is 0.667. The minimum absolute atomic E-state index is 0.414. The van der Waals surface area contributed by atoms with Crippen LogP contribution in [0.2, 0.25) is 5.15 Å². The lowest BCUT2D eigenvalue weighted by atomic mass is 10.2. The molecule has 1 aliphatic carbocycles. The Bertz CT molecular complexity index is 388. The molecule has 2 rings (SSSR count). The summed E-state index contributed by atoms with van der Waals surface area (Å²) in [5, 5.41) is 3.97. The molecule has 1 heterocycles. The van der Waals surface area contributed by atoms with Crippen LogP contribution in [-0.2, 0) is 0 Å². The van der Waals surface area contributed by atoms with Crippen molar-refractivity contribution in [1.82, 2.24) is 9.97 Å². The third-order valence-electron chi connectivity index (χ3n) is 3.04. The number of halogens is 1. The molecule has 1 aromatic heterocycles. The van der Waals surface area contributed by atoms with E-state index in [1.165, 1.54) is 12.8 Å². The Kier molecular flexibility index (Phi) is 3.33. The molecule has 0 saturated heterocycles. The molecule has 0 spiro atoms. The maximum absolute atomic E-state index is 6.13. The number of anilines is 1. The molecule has 1 aliphatic rings. The number of nitrogens with zero attached hydrogens (tertiary/aromatic N) is 2. The number of rotatable bonds is 4. The van der Waals surface area contributed by atoms with E-state index in [-0.39, 0.29) is 0 Å².